The first-order valence-electron chi connectivity index (χ1n) is 8.59. The molecule has 9 nitrogen and oxygen atoms in total. The number of halogens is 3. The SMILES string of the molecule is O=C(Cn1nnc(-c2ccccc2)n1)Nc1cc(C(F)(F)F)ccc1-n1cncn1. The molecule has 0 fully saturated rings. The topological polar surface area (TPSA) is 103 Å². The van der Waals surface area contributed by atoms with Gasteiger partial charge in [0.25, 0.3) is 0 Å². The van der Waals surface area contributed by atoms with E-state index in [9.17, 15) is 18.0 Å². The lowest BCUT2D eigenvalue weighted by atomic mass is 10.1. The molecule has 0 atom stereocenters. The Hall–Kier alpha value is -4.09. The van der Waals surface area contributed by atoms with Crippen LogP contribution >= 0.6 is 0 Å². The molecule has 12 heteroatoms. The van der Waals surface area contributed by atoms with Crippen molar-refractivity contribution < 1.29 is 18.0 Å². The normalized spacial score (nSPS) is 11.4. The van der Waals surface area contributed by atoms with Crippen LogP contribution in [0.3, 0.4) is 0 Å². The summed E-state index contributed by atoms with van der Waals surface area (Å²) in [4.78, 5) is 17.3. The number of rotatable bonds is 5. The fourth-order valence-corrected chi connectivity index (χ4v) is 2.68. The molecule has 0 spiro atoms. The molecule has 0 radical (unpaired) electrons. The van der Waals surface area contributed by atoms with Crippen LogP contribution in [-0.4, -0.2) is 40.9 Å². The van der Waals surface area contributed by atoms with Gasteiger partial charge in [-0.3, -0.25) is 4.79 Å². The molecule has 152 valence electrons. The molecule has 0 bridgehead atoms. The van der Waals surface area contributed by atoms with Crippen molar-refractivity contribution in [2.24, 2.45) is 0 Å². The van der Waals surface area contributed by atoms with E-state index in [0.29, 0.717) is 5.82 Å². The molecule has 2 heterocycles. The average molecular weight is 414 g/mol. The van der Waals surface area contributed by atoms with Crippen LogP contribution in [-0.2, 0) is 17.5 Å². The number of nitrogens with one attached hydrogen (secondary N) is 1. The Labute approximate surface area is 167 Å². The van der Waals surface area contributed by atoms with Crippen molar-refractivity contribution >= 4 is 11.6 Å². The van der Waals surface area contributed by atoms with Gasteiger partial charge in [0.05, 0.1) is 16.9 Å². The van der Waals surface area contributed by atoms with Crippen LogP contribution in [0.15, 0.2) is 61.2 Å². The van der Waals surface area contributed by atoms with Gasteiger partial charge in [0, 0.05) is 5.56 Å². The third-order valence-electron chi connectivity index (χ3n) is 4.03. The predicted molar refractivity (Wildman–Crippen MR) is 98.2 cm³/mol. The third-order valence-corrected chi connectivity index (χ3v) is 4.03. The van der Waals surface area contributed by atoms with Crippen LogP contribution in [0.4, 0.5) is 18.9 Å². The third kappa shape index (κ3) is 4.16. The van der Waals surface area contributed by atoms with Gasteiger partial charge in [-0.15, -0.1) is 10.2 Å². The Balaban J connectivity index is 1.56. The van der Waals surface area contributed by atoms with Gasteiger partial charge >= 0.3 is 6.18 Å². The number of carbonyl (C=O) groups is 1. The monoisotopic (exact) mass is 414 g/mol. The first kappa shape index (κ1) is 19.2. The van der Waals surface area contributed by atoms with Crippen LogP contribution in [0.25, 0.3) is 17.1 Å². The molecule has 0 unspecified atom stereocenters. The Bertz CT molecular complexity index is 1160. The second-order valence-corrected chi connectivity index (χ2v) is 6.13. The van der Waals surface area contributed by atoms with Crippen molar-refractivity contribution in [2.45, 2.75) is 12.7 Å². The van der Waals surface area contributed by atoms with Gasteiger partial charge in [-0.25, -0.2) is 9.67 Å². The summed E-state index contributed by atoms with van der Waals surface area (Å²) in [5.41, 5.74) is -0.0449. The van der Waals surface area contributed by atoms with Crippen molar-refractivity contribution in [1.82, 2.24) is 35.0 Å². The largest absolute Gasteiger partial charge is 0.416 e. The van der Waals surface area contributed by atoms with E-state index in [-0.39, 0.29) is 17.9 Å². The number of tetrazole rings is 1. The number of carbonyl (C=O) groups excluding carboxylic acids is 1. The molecule has 2 aromatic heterocycles. The molecular weight excluding hydrogens is 401 g/mol. The Morgan fingerprint density at radius 1 is 1.10 bits per heavy atom. The zero-order valence-corrected chi connectivity index (χ0v) is 15.2. The summed E-state index contributed by atoms with van der Waals surface area (Å²) < 4.78 is 40.6. The van der Waals surface area contributed by atoms with Gasteiger partial charge in [-0.1, -0.05) is 30.3 Å². The minimum absolute atomic E-state index is 0.0799. The molecule has 0 aliphatic heterocycles. The lowest BCUT2D eigenvalue weighted by Gasteiger charge is -2.14. The van der Waals surface area contributed by atoms with E-state index in [1.54, 1.807) is 12.1 Å². The smallest absolute Gasteiger partial charge is 0.323 e. The van der Waals surface area contributed by atoms with E-state index in [4.69, 9.17) is 0 Å². The highest BCUT2D eigenvalue weighted by Gasteiger charge is 2.31. The quantitative estimate of drug-likeness (QED) is 0.538. The standard InChI is InChI=1S/C18H13F3N8O/c19-18(20,21)13-6-7-15(28-11-22-10-23-28)14(8-13)24-16(30)9-29-26-17(25-27-29)12-4-2-1-3-5-12/h1-8,10-11H,9H2,(H,24,30). The lowest BCUT2D eigenvalue weighted by molar-refractivity contribution is -0.137. The number of anilines is 1. The van der Waals surface area contributed by atoms with Crippen molar-refractivity contribution in [2.75, 3.05) is 5.32 Å². The summed E-state index contributed by atoms with van der Waals surface area (Å²) in [6.07, 6.45) is -2.03. The number of alkyl halides is 3. The summed E-state index contributed by atoms with van der Waals surface area (Å²) in [5.74, 6) is -0.307. The number of aromatic nitrogens is 7. The second-order valence-electron chi connectivity index (χ2n) is 6.13. The zero-order chi connectivity index (χ0) is 21.1. The van der Waals surface area contributed by atoms with Crippen molar-refractivity contribution in [3.8, 4) is 17.1 Å². The number of hydrogen-bond donors (Lipinski definition) is 1. The maximum absolute atomic E-state index is 13.1. The minimum Gasteiger partial charge on any atom is -0.323 e. The summed E-state index contributed by atoms with van der Waals surface area (Å²) in [6.45, 7) is -0.340. The highest BCUT2D eigenvalue weighted by atomic mass is 19.4. The van der Waals surface area contributed by atoms with E-state index < -0.39 is 17.6 Å². The molecule has 4 aromatic rings. The molecule has 0 saturated carbocycles. The molecule has 4 rings (SSSR count). The zero-order valence-electron chi connectivity index (χ0n) is 15.2. The summed E-state index contributed by atoms with van der Waals surface area (Å²) in [7, 11) is 0. The van der Waals surface area contributed by atoms with E-state index >= 15 is 0 Å². The first-order valence-corrected chi connectivity index (χ1v) is 8.59. The van der Waals surface area contributed by atoms with Crippen LogP contribution in [0.5, 0.6) is 0 Å². The molecule has 1 amide bonds. The number of nitrogens with zero attached hydrogens (tertiary/aromatic N) is 7. The average Bonchev–Trinajstić information content (AvgIpc) is 3.40. The van der Waals surface area contributed by atoms with E-state index in [1.165, 1.54) is 23.4 Å². The van der Waals surface area contributed by atoms with Gasteiger partial charge < -0.3 is 5.32 Å². The van der Waals surface area contributed by atoms with E-state index in [1.807, 2.05) is 18.2 Å². The second kappa shape index (κ2) is 7.73. The molecule has 0 aliphatic carbocycles. The number of hydrogen-bond acceptors (Lipinski definition) is 6. The van der Waals surface area contributed by atoms with Gasteiger partial charge in [0.1, 0.15) is 19.2 Å². The van der Waals surface area contributed by atoms with Crippen molar-refractivity contribution in [3.05, 3.63) is 66.7 Å². The van der Waals surface area contributed by atoms with Crippen LogP contribution in [0, 0.1) is 0 Å². The van der Waals surface area contributed by atoms with Gasteiger partial charge in [0.15, 0.2) is 0 Å². The maximum Gasteiger partial charge on any atom is 0.416 e. The summed E-state index contributed by atoms with van der Waals surface area (Å²) >= 11 is 0. The molecule has 1 N–H and O–H groups in total. The van der Waals surface area contributed by atoms with Crippen molar-refractivity contribution in [3.63, 3.8) is 0 Å². The molecule has 0 saturated heterocycles. The fourth-order valence-electron chi connectivity index (χ4n) is 2.68. The predicted octanol–water partition coefficient (Wildman–Crippen LogP) is 2.58. The lowest BCUT2D eigenvalue weighted by Crippen LogP contribution is -2.22. The van der Waals surface area contributed by atoms with E-state index in [2.05, 4.69) is 30.8 Å². The van der Waals surface area contributed by atoms with Crippen LogP contribution < -0.4 is 5.32 Å². The van der Waals surface area contributed by atoms with Crippen LogP contribution in [0.2, 0.25) is 0 Å². The van der Waals surface area contributed by atoms with Gasteiger partial charge in [-0.05, 0) is 23.4 Å². The minimum atomic E-state index is -4.57. The molecule has 2 aromatic carbocycles. The highest BCUT2D eigenvalue weighted by molar-refractivity contribution is 5.92. The number of benzene rings is 2. The number of amides is 1. The Kier molecular flexibility index (Phi) is 4.96. The Morgan fingerprint density at radius 3 is 2.60 bits per heavy atom. The van der Waals surface area contributed by atoms with Crippen LogP contribution in [0.1, 0.15) is 5.56 Å². The maximum atomic E-state index is 13.1. The Morgan fingerprint density at radius 2 is 1.90 bits per heavy atom. The fraction of sp³-hybridized carbons (Fsp3) is 0.111. The molecule has 30 heavy (non-hydrogen) atoms. The van der Waals surface area contributed by atoms with E-state index in [0.717, 1.165) is 22.5 Å². The first-order chi connectivity index (χ1) is 14.4. The van der Waals surface area contributed by atoms with Crippen molar-refractivity contribution in [1.29, 1.82) is 0 Å². The molecule has 0 aliphatic rings. The summed E-state index contributed by atoms with van der Waals surface area (Å²) in [5, 5.41) is 18.2. The highest BCUT2D eigenvalue weighted by Crippen LogP contribution is 2.33. The van der Waals surface area contributed by atoms with Gasteiger partial charge in [-0.2, -0.15) is 23.1 Å². The summed E-state index contributed by atoms with van der Waals surface area (Å²) in [6, 6.07) is 12.0. The van der Waals surface area contributed by atoms with Gasteiger partial charge in [0.2, 0.25) is 11.7 Å². The molecular formula is C18H13F3N8O.